The van der Waals surface area contributed by atoms with Crippen LogP contribution >= 0.6 is 0 Å². The largest absolute Gasteiger partial charge is 0.343 e. The first-order chi connectivity index (χ1) is 11.6. The molecule has 1 aromatic heterocycles. The van der Waals surface area contributed by atoms with Gasteiger partial charge >= 0.3 is 0 Å². The number of hydrogen-bond donors (Lipinski definition) is 1. The van der Waals surface area contributed by atoms with E-state index >= 15 is 0 Å². The fourth-order valence-corrected chi connectivity index (χ4v) is 2.62. The predicted molar refractivity (Wildman–Crippen MR) is 90.0 cm³/mol. The molecule has 0 radical (unpaired) electrons. The normalized spacial score (nSPS) is 15.3. The van der Waals surface area contributed by atoms with Crippen molar-refractivity contribution in [2.24, 2.45) is 0 Å². The standard InChI is InChI=1S/C17H21N5O2/c1-20-8-10-21(11-9-20)16(23)12-19-17(24)14-2-4-15(5-3-14)22-7-6-18-13-22/h2-7,13H,8-12H2,1H3,(H,19,24). The van der Waals surface area contributed by atoms with Crippen molar-refractivity contribution in [3.8, 4) is 5.69 Å². The molecule has 3 rings (SSSR count). The molecule has 24 heavy (non-hydrogen) atoms. The van der Waals surface area contributed by atoms with Crippen molar-refractivity contribution in [1.82, 2.24) is 24.7 Å². The molecule has 1 aliphatic rings. The highest BCUT2D eigenvalue weighted by molar-refractivity contribution is 5.96. The monoisotopic (exact) mass is 327 g/mol. The van der Waals surface area contributed by atoms with Crippen LogP contribution < -0.4 is 5.32 Å². The van der Waals surface area contributed by atoms with E-state index in [2.05, 4.69) is 15.2 Å². The number of carbonyl (C=O) groups is 2. The Morgan fingerprint density at radius 1 is 1.12 bits per heavy atom. The first kappa shape index (κ1) is 16.2. The lowest BCUT2D eigenvalue weighted by atomic mass is 10.2. The molecule has 2 amide bonds. The molecule has 0 bridgehead atoms. The van der Waals surface area contributed by atoms with Crippen LogP contribution in [-0.4, -0.2) is 70.9 Å². The van der Waals surface area contributed by atoms with Gasteiger partial charge in [-0.2, -0.15) is 0 Å². The quantitative estimate of drug-likeness (QED) is 0.881. The van der Waals surface area contributed by atoms with Gasteiger partial charge < -0.3 is 19.7 Å². The van der Waals surface area contributed by atoms with Gasteiger partial charge in [0.15, 0.2) is 0 Å². The number of imidazole rings is 1. The minimum absolute atomic E-state index is 0.0336. The molecule has 0 spiro atoms. The van der Waals surface area contributed by atoms with Gasteiger partial charge in [0.2, 0.25) is 5.91 Å². The lowest BCUT2D eigenvalue weighted by molar-refractivity contribution is -0.131. The van der Waals surface area contributed by atoms with Crippen LogP contribution in [0.3, 0.4) is 0 Å². The van der Waals surface area contributed by atoms with E-state index in [1.165, 1.54) is 0 Å². The molecule has 0 unspecified atom stereocenters. The Kier molecular flexibility index (Phi) is 4.90. The van der Waals surface area contributed by atoms with E-state index in [1.54, 1.807) is 29.6 Å². The number of carbonyl (C=O) groups excluding carboxylic acids is 2. The number of benzene rings is 1. The summed E-state index contributed by atoms with van der Waals surface area (Å²) in [6.45, 7) is 3.20. The van der Waals surface area contributed by atoms with Gasteiger partial charge in [0.1, 0.15) is 0 Å². The van der Waals surface area contributed by atoms with Crippen LogP contribution in [-0.2, 0) is 4.79 Å². The molecule has 1 aromatic carbocycles. The Labute approximate surface area is 140 Å². The Hall–Kier alpha value is -2.67. The molecule has 2 aromatic rings. The fraction of sp³-hybridized carbons (Fsp3) is 0.353. The molecule has 1 aliphatic heterocycles. The lowest BCUT2D eigenvalue weighted by Crippen LogP contribution is -2.50. The van der Waals surface area contributed by atoms with Gasteiger partial charge in [-0.3, -0.25) is 9.59 Å². The molecule has 7 nitrogen and oxygen atoms in total. The van der Waals surface area contributed by atoms with Gasteiger partial charge in [-0.05, 0) is 31.3 Å². The molecule has 1 fully saturated rings. The number of nitrogens with zero attached hydrogens (tertiary/aromatic N) is 4. The van der Waals surface area contributed by atoms with E-state index < -0.39 is 0 Å². The Balaban J connectivity index is 1.52. The highest BCUT2D eigenvalue weighted by Crippen LogP contribution is 2.09. The lowest BCUT2D eigenvalue weighted by Gasteiger charge is -2.32. The van der Waals surface area contributed by atoms with Crippen LogP contribution in [0.1, 0.15) is 10.4 Å². The molecule has 1 N–H and O–H groups in total. The number of amides is 2. The minimum Gasteiger partial charge on any atom is -0.343 e. The number of nitrogens with one attached hydrogen (secondary N) is 1. The summed E-state index contributed by atoms with van der Waals surface area (Å²) in [5.41, 5.74) is 1.46. The van der Waals surface area contributed by atoms with Crippen molar-refractivity contribution >= 4 is 11.8 Å². The summed E-state index contributed by atoms with van der Waals surface area (Å²) in [4.78, 5) is 32.3. The van der Waals surface area contributed by atoms with Crippen LogP contribution in [0.2, 0.25) is 0 Å². The molecule has 0 aliphatic carbocycles. The molecule has 2 heterocycles. The third-order valence-corrected chi connectivity index (χ3v) is 4.19. The molecule has 7 heteroatoms. The van der Waals surface area contributed by atoms with E-state index in [1.807, 2.05) is 29.9 Å². The van der Waals surface area contributed by atoms with Crippen molar-refractivity contribution in [1.29, 1.82) is 0 Å². The summed E-state index contributed by atoms with van der Waals surface area (Å²) < 4.78 is 1.86. The van der Waals surface area contributed by atoms with E-state index in [-0.39, 0.29) is 18.4 Å². The van der Waals surface area contributed by atoms with Crippen molar-refractivity contribution in [3.05, 3.63) is 48.5 Å². The minimum atomic E-state index is -0.241. The topological polar surface area (TPSA) is 70.5 Å². The molecule has 0 atom stereocenters. The first-order valence-corrected chi connectivity index (χ1v) is 7.96. The van der Waals surface area contributed by atoms with Crippen LogP contribution in [0.15, 0.2) is 43.0 Å². The van der Waals surface area contributed by atoms with Gasteiger partial charge in [-0.25, -0.2) is 4.98 Å². The summed E-state index contributed by atoms with van der Waals surface area (Å²) in [6.07, 6.45) is 5.23. The zero-order chi connectivity index (χ0) is 16.9. The maximum absolute atomic E-state index is 12.2. The van der Waals surface area contributed by atoms with E-state index in [0.717, 1.165) is 18.8 Å². The van der Waals surface area contributed by atoms with Crippen molar-refractivity contribution < 1.29 is 9.59 Å². The molecule has 1 saturated heterocycles. The van der Waals surface area contributed by atoms with Crippen molar-refractivity contribution in [2.75, 3.05) is 39.8 Å². The van der Waals surface area contributed by atoms with Gasteiger partial charge in [0.25, 0.3) is 5.91 Å². The van der Waals surface area contributed by atoms with E-state index in [9.17, 15) is 9.59 Å². The van der Waals surface area contributed by atoms with Gasteiger partial charge in [-0.15, -0.1) is 0 Å². The van der Waals surface area contributed by atoms with E-state index in [4.69, 9.17) is 0 Å². The van der Waals surface area contributed by atoms with Crippen molar-refractivity contribution in [2.45, 2.75) is 0 Å². The van der Waals surface area contributed by atoms with Gasteiger partial charge in [0, 0.05) is 49.8 Å². The number of aromatic nitrogens is 2. The molecular weight excluding hydrogens is 306 g/mol. The number of likely N-dealkylation sites (N-methyl/N-ethyl adjacent to an activating group) is 1. The summed E-state index contributed by atoms with van der Waals surface area (Å²) in [5.74, 6) is -0.277. The summed E-state index contributed by atoms with van der Waals surface area (Å²) >= 11 is 0. The maximum atomic E-state index is 12.2. The summed E-state index contributed by atoms with van der Waals surface area (Å²) in [6, 6.07) is 7.17. The Morgan fingerprint density at radius 2 is 1.83 bits per heavy atom. The number of piperazine rings is 1. The van der Waals surface area contributed by atoms with Gasteiger partial charge in [-0.1, -0.05) is 0 Å². The molecule has 0 saturated carbocycles. The molecular formula is C17H21N5O2. The smallest absolute Gasteiger partial charge is 0.251 e. The first-order valence-electron chi connectivity index (χ1n) is 7.96. The van der Waals surface area contributed by atoms with E-state index in [0.29, 0.717) is 18.7 Å². The average Bonchev–Trinajstić information content (AvgIpc) is 3.15. The highest BCUT2D eigenvalue weighted by atomic mass is 16.2. The average molecular weight is 327 g/mol. The second-order valence-electron chi connectivity index (χ2n) is 5.88. The zero-order valence-electron chi connectivity index (χ0n) is 13.7. The zero-order valence-corrected chi connectivity index (χ0v) is 13.7. The highest BCUT2D eigenvalue weighted by Gasteiger charge is 2.19. The summed E-state index contributed by atoms with van der Waals surface area (Å²) in [7, 11) is 2.04. The third-order valence-electron chi connectivity index (χ3n) is 4.19. The van der Waals surface area contributed by atoms with Gasteiger partial charge in [0.05, 0.1) is 12.9 Å². The maximum Gasteiger partial charge on any atom is 0.251 e. The molecule has 126 valence electrons. The van der Waals surface area contributed by atoms with Crippen LogP contribution in [0.4, 0.5) is 0 Å². The van der Waals surface area contributed by atoms with Crippen molar-refractivity contribution in [3.63, 3.8) is 0 Å². The van der Waals surface area contributed by atoms with Crippen LogP contribution in [0.25, 0.3) is 5.69 Å². The SMILES string of the molecule is CN1CCN(C(=O)CNC(=O)c2ccc(-n3ccnc3)cc2)CC1. The van der Waals surface area contributed by atoms with Crippen LogP contribution in [0.5, 0.6) is 0 Å². The van der Waals surface area contributed by atoms with Crippen LogP contribution in [0, 0.1) is 0 Å². The number of rotatable bonds is 4. The fourth-order valence-electron chi connectivity index (χ4n) is 2.62. The second-order valence-corrected chi connectivity index (χ2v) is 5.88. The summed E-state index contributed by atoms with van der Waals surface area (Å²) in [5, 5.41) is 2.70. The Bertz CT molecular complexity index is 688. The number of hydrogen-bond acceptors (Lipinski definition) is 4. The Morgan fingerprint density at radius 3 is 2.46 bits per heavy atom. The second kappa shape index (κ2) is 7.27. The predicted octanol–water partition coefficient (Wildman–Crippen LogP) is 0.376. The third kappa shape index (κ3) is 3.80.